The number of hydrogen-bond acceptors (Lipinski definition) is 3. The van der Waals surface area contributed by atoms with Crippen molar-refractivity contribution in [3.63, 3.8) is 0 Å². The number of carbonyl (C=O) groups is 2. The van der Waals surface area contributed by atoms with Gasteiger partial charge in [-0.25, -0.2) is 9.18 Å². The molecule has 4 fully saturated rings. The van der Waals surface area contributed by atoms with Crippen LogP contribution in [0.1, 0.15) is 37.7 Å². The Morgan fingerprint density at radius 3 is 2.43 bits per heavy atom. The molecule has 4 aliphatic carbocycles. The molecule has 1 aromatic carbocycles. The van der Waals surface area contributed by atoms with Crippen LogP contribution in [0.2, 0.25) is 0 Å². The van der Waals surface area contributed by atoms with Crippen molar-refractivity contribution in [3.8, 4) is 5.75 Å². The van der Waals surface area contributed by atoms with Crippen molar-refractivity contribution in [1.29, 1.82) is 0 Å². The molecule has 4 aliphatic rings. The minimum Gasteiger partial charge on any atom is -0.489 e. The highest BCUT2D eigenvalue weighted by Gasteiger charge is 2.57. The van der Waals surface area contributed by atoms with Crippen molar-refractivity contribution in [2.75, 3.05) is 20.2 Å². The van der Waals surface area contributed by atoms with Gasteiger partial charge in [-0.3, -0.25) is 4.79 Å². The zero-order valence-corrected chi connectivity index (χ0v) is 17.2. The highest BCUT2D eigenvalue weighted by Crippen LogP contribution is 2.62. The van der Waals surface area contributed by atoms with Crippen molar-refractivity contribution in [3.05, 3.63) is 41.7 Å². The van der Waals surface area contributed by atoms with Gasteiger partial charge in [-0.1, -0.05) is 12.1 Å². The molecule has 0 spiro atoms. The molecule has 6 nitrogen and oxygen atoms in total. The first-order chi connectivity index (χ1) is 14.4. The van der Waals surface area contributed by atoms with Crippen LogP contribution < -0.4 is 15.4 Å². The van der Waals surface area contributed by atoms with E-state index in [1.807, 2.05) is 12.1 Å². The van der Waals surface area contributed by atoms with E-state index in [0.29, 0.717) is 29.8 Å². The summed E-state index contributed by atoms with van der Waals surface area (Å²) in [5.74, 6) is 2.63. The molecule has 5 rings (SSSR count). The van der Waals surface area contributed by atoms with Crippen molar-refractivity contribution >= 4 is 12.0 Å². The highest BCUT2D eigenvalue weighted by atomic mass is 19.1. The van der Waals surface area contributed by atoms with Gasteiger partial charge in [0.1, 0.15) is 12.4 Å². The van der Waals surface area contributed by atoms with Crippen LogP contribution in [-0.2, 0) is 10.2 Å². The summed E-state index contributed by atoms with van der Waals surface area (Å²) in [6.07, 6.45) is 4.83. The van der Waals surface area contributed by atoms with Gasteiger partial charge in [0, 0.05) is 25.1 Å². The molecule has 0 radical (unpaired) electrons. The zero-order valence-electron chi connectivity index (χ0n) is 17.2. The average Bonchev–Trinajstić information content (AvgIpc) is 2.73. The van der Waals surface area contributed by atoms with E-state index >= 15 is 0 Å². The van der Waals surface area contributed by atoms with Crippen LogP contribution in [0.25, 0.3) is 0 Å². The number of rotatable bonds is 7. The molecule has 30 heavy (non-hydrogen) atoms. The van der Waals surface area contributed by atoms with E-state index in [0.717, 1.165) is 12.8 Å². The van der Waals surface area contributed by atoms with Crippen LogP contribution in [0.4, 0.5) is 9.18 Å². The smallest absolute Gasteiger partial charge is 0.404 e. The lowest BCUT2D eigenvalue weighted by Crippen LogP contribution is -2.56. The van der Waals surface area contributed by atoms with Gasteiger partial charge in [0.2, 0.25) is 5.91 Å². The van der Waals surface area contributed by atoms with Gasteiger partial charge < -0.3 is 20.5 Å². The van der Waals surface area contributed by atoms with Crippen LogP contribution in [0.15, 0.2) is 36.2 Å². The van der Waals surface area contributed by atoms with Crippen LogP contribution in [0.5, 0.6) is 5.75 Å². The van der Waals surface area contributed by atoms with E-state index in [2.05, 4.69) is 22.8 Å². The van der Waals surface area contributed by atoms with Gasteiger partial charge in [-0.2, -0.15) is 0 Å². The Morgan fingerprint density at radius 1 is 1.20 bits per heavy atom. The molecule has 7 heteroatoms. The molecular formula is C23H29FN2O4. The molecular weight excluding hydrogens is 387 g/mol. The van der Waals surface area contributed by atoms with E-state index in [-0.39, 0.29) is 36.0 Å². The van der Waals surface area contributed by atoms with E-state index in [1.54, 1.807) is 7.05 Å². The number of carboxylic acid groups (broad SMARTS) is 1. The molecule has 162 valence electrons. The maximum Gasteiger partial charge on any atom is 0.404 e. The number of ether oxygens (including phenoxy) is 1. The SMILES string of the molecule is CNC(=O)C1C2CC3CC1CC(c1ccc(OC/C(=C/F)CNC(=O)O)cc1)(C3)C2. The predicted octanol–water partition coefficient (Wildman–Crippen LogP) is 3.63. The molecule has 0 saturated heterocycles. The standard InChI is InChI=1S/C23H29FN2O4/c1-25-21(27)20-16-6-14-7-17(20)10-23(8-14,9-16)18-2-4-19(5-3-18)30-13-15(11-24)12-26-22(28)29/h2-5,11,14,16-17,20,26H,6-10,12-13H2,1H3,(H,25,27)(H,28,29)/b15-11+. The number of hydrogen-bond donors (Lipinski definition) is 3. The molecule has 0 aliphatic heterocycles. The van der Waals surface area contributed by atoms with Gasteiger partial charge in [0.25, 0.3) is 0 Å². The number of halogens is 1. The second kappa shape index (κ2) is 8.28. The summed E-state index contributed by atoms with van der Waals surface area (Å²) in [4.78, 5) is 23.0. The molecule has 0 aromatic heterocycles. The Balaban J connectivity index is 1.42. The van der Waals surface area contributed by atoms with Crippen molar-refractivity contribution < 1.29 is 23.8 Å². The summed E-state index contributed by atoms with van der Waals surface area (Å²) in [7, 11) is 1.74. The monoisotopic (exact) mass is 416 g/mol. The first-order valence-electron chi connectivity index (χ1n) is 10.6. The first kappa shape index (κ1) is 20.7. The van der Waals surface area contributed by atoms with E-state index in [4.69, 9.17) is 9.84 Å². The fourth-order valence-corrected chi connectivity index (χ4v) is 6.36. The maximum absolute atomic E-state index is 12.9. The molecule has 3 N–H and O–H groups in total. The second-order valence-corrected chi connectivity index (χ2v) is 9.13. The lowest BCUT2D eigenvalue weighted by Gasteiger charge is -2.59. The Morgan fingerprint density at radius 2 is 1.87 bits per heavy atom. The number of benzene rings is 1. The third-order valence-corrected chi connectivity index (χ3v) is 7.33. The van der Waals surface area contributed by atoms with E-state index in [1.165, 1.54) is 24.8 Å². The summed E-state index contributed by atoms with van der Waals surface area (Å²) in [5, 5.41) is 13.6. The Kier molecular flexibility index (Phi) is 5.71. The Labute approximate surface area is 175 Å². The minimum absolute atomic E-state index is 0.0126. The molecule has 2 amide bonds. The lowest BCUT2D eigenvalue weighted by atomic mass is 9.44. The van der Waals surface area contributed by atoms with Crippen LogP contribution >= 0.6 is 0 Å². The van der Waals surface area contributed by atoms with Crippen LogP contribution in [0, 0.1) is 23.7 Å². The maximum atomic E-state index is 12.9. The van der Waals surface area contributed by atoms with E-state index < -0.39 is 6.09 Å². The van der Waals surface area contributed by atoms with Gasteiger partial charge in [0.15, 0.2) is 0 Å². The van der Waals surface area contributed by atoms with E-state index in [9.17, 15) is 14.0 Å². The normalized spacial score (nSPS) is 32.0. The van der Waals surface area contributed by atoms with Crippen LogP contribution in [0.3, 0.4) is 0 Å². The fourth-order valence-electron chi connectivity index (χ4n) is 6.36. The third kappa shape index (κ3) is 3.89. The topological polar surface area (TPSA) is 87.7 Å². The van der Waals surface area contributed by atoms with Gasteiger partial charge in [0.05, 0.1) is 6.33 Å². The fraction of sp³-hybridized carbons (Fsp3) is 0.565. The molecule has 2 atom stereocenters. The number of carbonyl (C=O) groups excluding carboxylic acids is 1. The summed E-state index contributed by atoms with van der Waals surface area (Å²) in [6, 6.07) is 8.02. The Bertz CT molecular complexity index is 822. The summed E-state index contributed by atoms with van der Waals surface area (Å²) in [6.45, 7) is -0.120. The quantitative estimate of drug-likeness (QED) is 0.633. The number of nitrogens with one attached hydrogen (secondary N) is 2. The molecule has 0 heterocycles. The molecule has 2 unspecified atom stereocenters. The first-order valence-corrected chi connectivity index (χ1v) is 10.6. The second-order valence-electron chi connectivity index (χ2n) is 9.13. The van der Waals surface area contributed by atoms with Crippen molar-refractivity contribution in [2.45, 2.75) is 37.5 Å². The highest BCUT2D eigenvalue weighted by molar-refractivity contribution is 5.79. The lowest BCUT2D eigenvalue weighted by molar-refractivity contribution is -0.139. The summed E-state index contributed by atoms with van der Waals surface area (Å²) < 4.78 is 18.5. The molecule has 1 aromatic rings. The Hall–Kier alpha value is -2.57. The number of amides is 2. The molecule has 4 saturated carbocycles. The molecule has 4 bridgehead atoms. The third-order valence-electron chi connectivity index (χ3n) is 7.33. The van der Waals surface area contributed by atoms with Crippen molar-refractivity contribution in [2.24, 2.45) is 23.7 Å². The summed E-state index contributed by atoms with van der Waals surface area (Å²) in [5.41, 5.74) is 1.68. The van der Waals surface area contributed by atoms with Crippen molar-refractivity contribution in [1.82, 2.24) is 10.6 Å². The van der Waals surface area contributed by atoms with Gasteiger partial charge in [-0.15, -0.1) is 0 Å². The summed E-state index contributed by atoms with van der Waals surface area (Å²) >= 11 is 0. The van der Waals surface area contributed by atoms with Crippen LogP contribution in [-0.4, -0.2) is 37.3 Å². The predicted molar refractivity (Wildman–Crippen MR) is 110 cm³/mol. The average molecular weight is 416 g/mol. The van der Waals surface area contributed by atoms with Gasteiger partial charge >= 0.3 is 6.09 Å². The van der Waals surface area contributed by atoms with Gasteiger partial charge in [-0.05, 0) is 73.0 Å². The zero-order chi connectivity index (χ0) is 21.3. The minimum atomic E-state index is -1.20. The largest absolute Gasteiger partial charge is 0.489 e.